The van der Waals surface area contributed by atoms with Gasteiger partial charge in [-0.3, -0.25) is 9.67 Å². The highest BCUT2D eigenvalue weighted by Crippen LogP contribution is 2.33. The van der Waals surface area contributed by atoms with E-state index in [0.717, 1.165) is 17.8 Å². The Hall–Kier alpha value is -2.17. The summed E-state index contributed by atoms with van der Waals surface area (Å²) in [4.78, 5) is 16.1. The zero-order chi connectivity index (χ0) is 13.9. The number of hydrogen-bond donors (Lipinski definition) is 0. The molecule has 2 aromatic heterocycles. The lowest BCUT2D eigenvalue weighted by Gasteiger charge is -2.09. The molecule has 2 heterocycles. The molecule has 0 saturated heterocycles. The van der Waals surface area contributed by atoms with E-state index in [-0.39, 0.29) is 5.97 Å². The lowest BCUT2D eigenvalue weighted by atomic mass is 10.1. The van der Waals surface area contributed by atoms with Crippen molar-refractivity contribution in [2.24, 2.45) is 5.92 Å². The molecule has 1 aliphatic rings. The van der Waals surface area contributed by atoms with Crippen LogP contribution in [0.2, 0.25) is 0 Å². The summed E-state index contributed by atoms with van der Waals surface area (Å²) in [6.07, 6.45) is 7.53. The first-order valence-electron chi connectivity index (χ1n) is 6.93. The van der Waals surface area contributed by atoms with E-state index in [0.29, 0.717) is 18.1 Å². The summed E-state index contributed by atoms with van der Waals surface area (Å²) in [6.45, 7) is 3.03. The van der Waals surface area contributed by atoms with Gasteiger partial charge in [0.1, 0.15) is 5.56 Å². The summed E-state index contributed by atoms with van der Waals surface area (Å²) < 4.78 is 7.03. The Kier molecular flexibility index (Phi) is 3.50. The minimum atomic E-state index is -0.318. The highest BCUT2D eigenvalue weighted by molar-refractivity contribution is 5.96. The van der Waals surface area contributed by atoms with Crippen molar-refractivity contribution in [1.29, 1.82) is 0 Å². The molecule has 3 rings (SSSR count). The summed E-state index contributed by atoms with van der Waals surface area (Å²) in [5, 5.41) is 4.37. The fraction of sp³-hybridized carbons (Fsp3) is 0.400. The molecule has 1 aliphatic carbocycles. The van der Waals surface area contributed by atoms with Gasteiger partial charge in [0.05, 0.1) is 18.5 Å². The molecule has 0 N–H and O–H groups in total. The lowest BCUT2D eigenvalue weighted by Crippen LogP contribution is -2.08. The van der Waals surface area contributed by atoms with Crippen LogP contribution in [0.5, 0.6) is 0 Å². The summed E-state index contributed by atoms with van der Waals surface area (Å²) in [5.41, 5.74) is 2.30. The Bertz CT molecular complexity index is 603. The van der Waals surface area contributed by atoms with Crippen molar-refractivity contribution >= 4 is 5.97 Å². The van der Waals surface area contributed by atoms with Crippen LogP contribution in [0.1, 0.15) is 30.1 Å². The fourth-order valence-corrected chi connectivity index (χ4v) is 2.24. The fourth-order valence-electron chi connectivity index (χ4n) is 2.24. The molecule has 5 nitrogen and oxygen atoms in total. The monoisotopic (exact) mass is 271 g/mol. The van der Waals surface area contributed by atoms with Crippen molar-refractivity contribution in [1.82, 2.24) is 14.8 Å². The van der Waals surface area contributed by atoms with Gasteiger partial charge in [-0.2, -0.15) is 5.10 Å². The van der Waals surface area contributed by atoms with Gasteiger partial charge >= 0.3 is 5.97 Å². The molecule has 2 aromatic rings. The van der Waals surface area contributed by atoms with E-state index in [2.05, 4.69) is 10.1 Å². The van der Waals surface area contributed by atoms with E-state index in [1.165, 1.54) is 12.8 Å². The number of rotatable bonds is 5. The number of pyridine rings is 1. The number of hydrogen-bond acceptors (Lipinski definition) is 4. The number of carbonyl (C=O) groups excluding carboxylic acids is 1. The highest BCUT2D eigenvalue weighted by Gasteiger charge is 2.26. The molecule has 0 spiro atoms. The van der Waals surface area contributed by atoms with Crippen LogP contribution in [0.25, 0.3) is 11.3 Å². The second-order valence-electron chi connectivity index (χ2n) is 4.99. The number of nitrogens with zero attached hydrogens (tertiary/aromatic N) is 3. The smallest absolute Gasteiger partial charge is 0.341 e. The molecular weight excluding hydrogens is 254 g/mol. The Morgan fingerprint density at radius 2 is 2.15 bits per heavy atom. The van der Waals surface area contributed by atoms with E-state index in [4.69, 9.17) is 4.74 Å². The molecular formula is C15H17N3O2. The molecule has 0 radical (unpaired) electrons. The number of aromatic nitrogens is 3. The largest absolute Gasteiger partial charge is 0.462 e. The van der Waals surface area contributed by atoms with Gasteiger partial charge in [-0.05, 0) is 37.8 Å². The van der Waals surface area contributed by atoms with Gasteiger partial charge in [0.2, 0.25) is 0 Å². The molecule has 0 aromatic carbocycles. The van der Waals surface area contributed by atoms with Gasteiger partial charge in [0.15, 0.2) is 0 Å². The molecule has 0 aliphatic heterocycles. The summed E-state index contributed by atoms with van der Waals surface area (Å²) in [7, 11) is 0. The van der Waals surface area contributed by atoms with Crippen LogP contribution in [0.3, 0.4) is 0 Å². The van der Waals surface area contributed by atoms with E-state index in [9.17, 15) is 4.79 Å². The highest BCUT2D eigenvalue weighted by atomic mass is 16.5. The topological polar surface area (TPSA) is 57.0 Å². The van der Waals surface area contributed by atoms with Crippen LogP contribution in [0.4, 0.5) is 0 Å². The van der Waals surface area contributed by atoms with Gasteiger partial charge in [-0.15, -0.1) is 0 Å². The van der Waals surface area contributed by atoms with Gasteiger partial charge < -0.3 is 4.74 Å². The van der Waals surface area contributed by atoms with Gasteiger partial charge in [-0.25, -0.2) is 4.79 Å². The third-order valence-electron chi connectivity index (χ3n) is 3.42. The van der Waals surface area contributed by atoms with Crippen molar-refractivity contribution < 1.29 is 9.53 Å². The average molecular weight is 271 g/mol. The molecule has 5 heteroatoms. The minimum Gasteiger partial charge on any atom is -0.462 e. The molecule has 0 atom stereocenters. The molecule has 0 amide bonds. The van der Waals surface area contributed by atoms with Crippen LogP contribution in [-0.2, 0) is 11.3 Å². The normalized spacial score (nSPS) is 14.2. The maximum atomic E-state index is 12.1. The Morgan fingerprint density at radius 1 is 1.40 bits per heavy atom. The maximum absolute atomic E-state index is 12.1. The minimum absolute atomic E-state index is 0.318. The van der Waals surface area contributed by atoms with Crippen molar-refractivity contribution in [3.8, 4) is 11.3 Å². The lowest BCUT2D eigenvalue weighted by molar-refractivity contribution is 0.0527. The van der Waals surface area contributed by atoms with E-state index >= 15 is 0 Å². The van der Waals surface area contributed by atoms with Gasteiger partial charge in [-0.1, -0.05) is 0 Å². The first-order valence-corrected chi connectivity index (χ1v) is 6.93. The molecule has 104 valence electrons. The number of ether oxygens (including phenoxy) is 1. The maximum Gasteiger partial charge on any atom is 0.341 e. The van der Waals surface area contributed by atoms with Crippen LogP contribution in [0.15, 0.2) is 30.7 Å². The second-order valence-corrected chi connectivity index (χ2v) is 4.99. The SMILES string of the molecule is CCOC(=O)c1cnn(CC2CC2)c1-c1ccncc1. The van der Waals surface area contributed by atoms with Crippen LogP contribution < -0.4 is 0 Å². The predicted octanol–water partition coefficient (Wildman–Crippen LogP) is 2.53. The van der Waals surface area contributed by atoms with Crippen LogP contribution in [-0.4, -0.2) is 27.3 Å². The third kappa shape index (κ3) is 2.57. The predicted molar refractivity (Wildman–Crippen MR) is 74.1 cm³/mol. The molecule has 1 saturated carbocycles. The van der Waals surface area contributed by atoms with Gasteiger partial charge in [0, 0.05) is 24.5 Å². The zero-order valence-electron chi connectivity index (χ0n) is 11.5. The van der Waals surface area contributed by atoms with Crippen molar-refractivity contribution in [3.05, 3.63) is 36.3 Å². The van der Waals surface area contributed by atoms with Crippen molar-refractivity contribution in [2.75, 3.05) is 6.61 Å². The number of carbonyl (C=O) groups is 1. The first-order chi connectivity index (χ1) is 9.79. The summed E-state index contributed by atoms with van der Waals surface area (Å²) >= 11 is 0. The van der Waals surface area contributed by atoms with E-state index in [1.54, 1.807) is 25.5 Å². The molecule has 1 fully saturated rings. The van der Waals surface area contributed by atoms with E-state index < -0.39 is 0 Å². The zero-order valence-corrected chi connectivity index (χ0v) is 11.5. The summed E-state index contributed by atoms with van der Waals surface area (Å²) in [5.74, 6) is 0.367. The quantitative estimate of drug-likeness (QED) is 0.784. The molecule has 20 heavy (non-hydrogen) atoms. The standard InChI is InChI=1S/C15H17N3O2/c1-2-20-15(19)13-9-17-18(10-11-3-4-11)14(13)12-5-7-16-8-6-12/h5-9,11H,2-4,10H2,1H3. The summed E-state index contributed by atoms with van der Waals surface area (Å²) in [6, 6.07) is 3.78. The molecule has 0 unspecified atom stereocenters. The number of esters is 1. The molecule has 0 bridgehead atoms. The van der Waals surface area contributed by atoms with E-state index in [1.807, 2.05) is 16.8 Å². The average Bonchev–Trinajstić information content (AvgIpc) is 3.17. The van der Waals surface area contributed by atoms with Crippen molar-refractivity contribution in [2.45, 2.75) is 26.3 Å². The third-order valence-corrected chi connectivity index (χ3v) is 3.42. The van der Waals surface area contributed by atoms with Crippen molar-refractivity contribution in [3.63, 3.8) is 0 Å². The first kappa shape index (κ1) is 12.8. The Labute approximate surface area is 117 Å². The Balaban J connectivity index is 2.01. The van der Waals surface area contributed by atoms with Crippen LogP contribution in [0, 0.1) is 5.92 Å². The second kappa shape index (κ2) is 5.45. The van der Waals surface area contributed by atoms with Crippen LogP contribution >= 0.6 is 0 Å². The Morgan fingerprint density at radius 3 is 2.80 bits per heavy atom. The van der Waals surface area contributed by atoms with Gasteiger partial charge in [0.25, 0.3) is 0 Å².